The number of piperidine rings is 1. The van der Waals surface area contributed by atoms with Crippen molar-refractivity contribution in [1.82, 2.24) is 4.90 Å². The summed E-state index contributed by atoms with van der Waals surface area (Å²) in [5.74, 6) is 1.50. The van der Waals surface area contributed by atoms with Crippen molar-refractivity contribution in [2.75, 3.05) is 26.2 Å². The first-order valence-corrected chi connectivity index (χ1v) is 5.14. The van der Waals surface area contributed by atoms with E-state index in [1.807, 2.05) is 0 Å². The van der Waals surface area contributed by atoms with Gasteiger partial charge in [0.15, 0.2) is 0 Å². The third-order valence-corrected chi connectivity index (χ3v) is 3.10. The molecular formula is C10H21NO2. The molecule has 1 fully saturated rings. The number of rotatable bonds is 3. The highest BCUT2D eigenvalue weighted by molar-refractivity contribution is 4.76. The summed E-state index contributed by atoms with van der Waals surface area (Å²) >= 11 is 0. The zero-order valence-corrected chi connectivity index (χ0v) is 8.61. The van der Waals surface area contributed by atoms with Crippen LogP contribution in [0.15, 0.2) is 0 Å². The van der Waals surface area contributed by atoms with Crippen molar-refractivity contribution < 1.29 is 10.2 Å². The molecule has 0 aromatic carbocycles. The highest BCUT2D eigenvalue weighted by Crippen LogP contribution is 2.22. The number of β-amino-alcohol motifs (C(OH)–C–C–N with tert-alkyl or cyclic N) is 1. The molecule has 78 valence electrons. The Morgan fingerprint density at radius 1 is 1.38 bits per heavy atom. The van der Waals surface area contributed by atoms with Gasteiger partial charge in [-0.15, -0.1) is 0 Å². The molecule has 3 unspecified atom stereocenters. The van der Waals surface area contributed by atoms with E-state index in [1.54, 1.807) is 0 Å². The maximum atomic E-state index is 9.27. The summed E-state index contributed by atoms with van der Waals surface area (Å²) < 4.78 is 0. The van der Waals surface area contributed by atoms with Crippen molar-refractivity contribution in [3.63, 3.8) is 0 Å². The lowest BCUT2D eigenvalue weighted by molar-refractivity contribution is 0.0372. The maximum Gasteiger partial charge on any atom is 0.0897 e. The zero-order valence-electron chi connectivity index (χ0n) is 8.61. The zero-order chi connectivity index (χ0) is 9.84. The van der Waals surface area contributed by atoms with Crippen LogP contribution in [0.5, 0.6) is 0 Å². The van der Waals surface area contributed by atoms with Gasteiger partial charge in [0.1, 0.15) is 0 Å². The average Bonchev–Trinajstić information content (AvgIpc) is 2.11. The van der Waals surface area contributed by atoms with Crippen LogP contribution in [-0.4, -0.2) is 47.5 Å². The number of likely N-dealkylation sites (tertiary alicyclic amines) is 1. The molecule has 0 bridgehead atoms. The molecule has 0 radical (unpaired) electrons. The third-order valence-electron chi connectivity index (χ3n) is 3.10. The Labute approximate surface area is 80.4 Å². The van der Waals surface area contributed by atoms with Crippen LogP contribution < -0.4 is 0 Å². The van der Waals surface area contributed by atoms with Gasteiger partial charge in [0, 0.05) is 13.1 Å². The van der Waals surface area contributed by atoms with E-state index in [2.05, 4.69) is 18.7 Å². The fourth-order valence-electron chi connectivity index (χ4n) is 1.87. The van der Waals surface area contributed by atoms with Crippen molar-refractivity contribution in [2.45, 2.75) is 26.4 Å². The summed E-state index contributed by atoms with van der Waals surface area (Å²) in [6.45, 7) is 7.14. The van der Waals surface area contributed by atoms with Gasteiger partial charge in [-0.3, -0.25) is 0 Å². The van der Waals surface area contributed by atoms with Gasteiger partial charge in [0.2, 0.25) is 0 Å². The Morgan fingerprint density at radius 3 is 2.62 bits per heavy atom. The molecule has 1 saturated heterocycles. The molecule has 0 spiro atoms. The molecule has 0 aromatic heterocycles. The highest BCUT2D eigenvalue weighted by Gasteiger charge is 2.23. The molecular weight excluding hydrogens is 166 g/mol. The van der Waals surface area contributed by atoms with E-state index in [9.17, 15) is 5.11 Å². The smallest absolute Gasteiger partial charge is 0.0897 e. The minimum Gasteiger partial charge on any atom is -0.394 e. The van der Waals surface area contributed by atoms with Gasteiger partial charge in [0.25, 0.3) is 0 Å². The van der Waals surface area contributed by atoms with Crippen LogP contribution in [0, 0.1) is 11.8 Å². The molecule has 2 N–H and O–H groups in total. The lowest BCUT2D eigenvalue weighted by atomic mass is 9.88. The van der Waals surface area contributed by atoms with E-state index in [1.165, 1.54) is 6.42 Å². The average molecular weight is 187 g/mol. The molecule has 1 aliphatic rings. The van der Waals surface area contributed by atoms with Crippen LogP contribution in [-0.2, 0) is 0 Å². The van der Waals surface area contributed by atoms with Crippen molar-refractivity contribution in [2.24, 2.45) is 11.8 Å². The lowest BCUT2D eigenvalue weighted by Gasteiger charge is -2.35. The molecule has 1 aliphatic heterocycles. The minimum absolute atomic E-state index is 0.125. The first-order valence-electron chi connectivity index (χ1n) is 5.14. The first-order chi connectivity index (χ1) is 6.13. The summed E-state index contributed by atoms with van der Waals surface area (Å²) in [5, 5.41) is 18.0. The van der Waals surface area contributed by atoms with E-state index < -0.39 is 6.10 Å². The third kappa shape index (κ3) is 3.25. The van der Waals surface area contributed by atoms with Crippen molar-refractivity contribution >= 4 is 0 Å². The van der Waals surface area contributed by atoms with Crippen LogP contribution in [0.1, 0.15) is 20.3 Å². The monoisotopic (exact) mass is 187 g/mol. The van der Waals surface area contributed by atoms with E-state index in [-0.39, 0.29) is 6.61 Å². The second-order valence-electron chi connectivity index (χ2n) is 4.34. The van der Waals surface area contributed by atoms with Crippen molar-refractivity contribution in [1.29, 1.82) is 0 Å². The molecule has 3 heteroatoms. The van der Waals surface area contributed by atoms with E-state index in [0.29, 0.717) is 12.5 Å². The topological polar surface area (TPSA) is 43.7 Å². The van der Waals surface area contributed by atoms with Crippen LogP contribution >= 0.6 is 0 Å². The Balaban J connectivity index is 2.29. The van der Waals surface area contributed by atoms with Gasteiger partial charge >= 0.3 is 0 Å². The highest BCUT2D eigenvalue weighted by atomic mass is 16.3. The second-order valence-corrected chi connectivity index (χ2v) is 4.34. The molecule has 13 heavy (non-hydrogen) atoms. The summed E-state index contributed by atoms with van der Waals surface area (Å²) in [4.78, 5) is 2.24. The Morgan fingerprint density at radius 2 is 2.08 bits per heavy atom. The molecule has 0 aromatic rings. The Bertz CT molecular complexity index is 150. The fourth-order valence-corrected chi connectivity index (χ4v) is 1.87. The molecule has 1 rings (SSSR count). The number of aliphatic hydroxyl groups is 2. The van der Waals surface area contributed by atoms with Gasteiger partial charge in [-0.25, -0.2) is 0 Å². The largest absolute Gasteiger partial charge is 0.394 e. The molecule has 0 saturated carbocycles. The summed E-state index contributed by atoms with van der Waals surface area (Å²) in [6.07, 6.45) is 0.639. The quantitative estimate of drug-likeness (QED) is 0.668. The van der Waals surface area contributed by atoms with Gasteiger partial charge < -0.3 is 15.1 Å². The molecule has 0 amide bonds. The first kappa shape index (κ1) is 11.0. The maximum absolute atomic E-state index is 9.27. The summed E-state index contributed by atoms with van der Waals surface area (Å²) in [5.41, 5.74) is 0. The molecule has 0 aliphatic carbocycles. The van der Waals surface area contributed by atoms with E-state index in [0.717, 1.165) is 19.0 Å². The fraction of sp³-hybridized carbons (Fsp3) is 1.00. The Hall–Kier alpha value is -0.120. The van der Waals surface area contributed by atoms with Crippen LogP contribution in [0.2, 0.25) is 0 Å². The summed E-state index contributed by atoms with van der Waals surface area (Å²) in [6, 6.07) is 0. The number of hydrogen-bond donors (Lipinski definition) is 2. The molecule has 3 nitrogen and oxygen atoms in total. The predicted octanol–water partition coefficient (Wildman–Crippen LogP) is 0.317. The van der Waals surface area contributed by atoms with Crippen LogP contribution in [0.25, 0.3) is 0 Å². The SMILES string of the molecule is CC1CCN(CC(O)CO)CC1C. The van der Waals surface area contributed by atoms with Crippen LogP contribution in [0.3, 0.4) is 0 Å². The summed E-state index contributed by atoms with van der Waals surface area (Å²) in [7, 11) is 0. The minimum atomic E-state index is -0.569. The van der Waals surface area contributed by atoms with E-state index in [4.69, 9.17) is 5.11 Å². The van der Waals surface area contributed by atoms with Crippen LogP contribution in [0.4, 0.5) is 0 Å². The Kier molecular flexibility index (Phi) is 4.16. The van der Waals surface area contributed by atoms with Crippen molar-refractivity contribution in [3.05, 3.63) is 0 Å². The number of hydrogen-bond acceptors (Lipinski definition) is 3. The predicted molar refractivity (Wildman–Crippen MR) is 52.5 cm³/mol. The van der Waals surface area contributed by atoms with Crippen molar-refractivity contribution in [3.8, 4) is 0 Å². The second kappa shape index (κ2) is 4.94. The normalized spacial score (nSPS) is 33.2. The van der Waals surface area contributed by atoms with E-state index >= 15 is 0 Å². The molecule has 3 atom stereocenters. The van der Waals surface area contributed by atoms with Gasteiger partial charge in [-0.2, -0.15) is 0 Å². The molecule has 1 heterocycles. The van der Waals surface area contributed by atoms with Gasteiger partial charge in [0.05, 0.1) is 12.7 Å². The lowest BCUT2D eigenvalue weighted by Crippen LogP contribution is -2.43. The standard InChI is InChI=1S/C10H21NO2/c1-8-3-4-11(5-9(8)2)6-10(13)7-12/h8-10,12-13H,3-7H2,1-2H3. The number of aliphatic hydroxyl groups excluding tert-OH is 2. The van der Waals surface area contributed by atoms with Gasteiger partial charge in [-0.05, 0) is 24.8 Å². The van der Waals surface area contributed by atoms with Gasteiger partial charge in [-0.1, -0.05) is 13.8 Å². The number of nitrogens with zero attached hydrogens (tertiary/aromatic N) is 1.